The van der Waals surface area contributed by atoms with Crippen molar-refractivity contribution in [3.63, 3.8) is 0 Å². The summed E-state index contributed by atoms with van der Waals surface area (Å²) in [7, 11) is -0.915. The van der Waals surface area contributed by atoms with E-state index in [1.807, 2.05) is 24.3 Å². The van der Waals surface area contributed by atoms with E-state index in [0.29, 0.717) is 19.3 Å². The Kier molecular flexibility index (Phi) is 38.0. The molecule has 1 aliphatic rings. The molecule has 424 valence electrons. The fourth-order valence-electron chi connectivity index (χ4n) is 9.55. The number of hydrogen-bond donors (Lipinski definition) is 1. The van der Waals surface area contributed by atoms with Crippen molar-refractivity contribution < 1.29 is 42.5 Å². The van der Waals surface area contributed by atoms with Crippen molar-refractivity contribution in [3.05, 3.63) is 29.8 Å². The van der Waals surface area contributed by atoms with E-state index in [1.165, 1.54) is 148 Å². The van der Waals surface area contributed by atoms with Crippen LogP contribution in [0.25, 0.3) is 0 Å². The number of hydrogen-bond acceptors (Lipinski definition) is 9. The molecule has 1 aromatic carbocycles. The van der Waals surface area contributed by atoms with Gasteiger partial charge in [-0.15, -0.1) is 0 Å². The minimum absolute atomic E-state index is 0.0475. The zero-order valence-corrected chi connectivity index (χ0v) is 49.7. The highest BCUT2D eigenvalue weighted by Gasteiger charge is 2.54. The molecule has 1 amide bonds. The van der Waals surface area contributed by atoms with E-state index in [-0.39, 0.29) is 48.9 Å². The Hall–Kier alpha value is -2.47. The van der Waals surface area contributed by atoms with Gasteiger partial charge in [0, 0.05) is 19.3 Å². The van der Waals surface area contributed by atoms with Crippen LogP contribution in [0.3, 0.4) is 0 Å². The van der Waals surface area contributed by atoms with E-state index in [1.54, 1.807) is 7.11 Å². The van der Waals surface area contributed by atoms with Gasteiger partial charge in [0.05, 0.1) is 20.3 Å². The second kappa shape index (κ2) is 41.7. The number of benzene rings is 1. The summed E-state index contributed by atoms with van der Waals surface area (Å²) in [4.78, 5) is 42.2. The van der Waals surface area contributed by atoms with Gasteiger partial charge >= 0.3 is 11.9 Å². The summed E-state index contributed by atoms with van der Waals surface area (Å²) in [6.45, 7) is 17.9. The predicted molar refractivity (Wildman–Crippen MR) is 305 cm³/mol. The first-order chi connectivity index (χ1) is 35.3. The van der Waals surface area contributed by atoms with Crippen LogP contribution in [-0.2, 0) is 44.4 Å². The largest absolute Gasteiger partial charge is 0.497 e. The molecule has 0 bridgehead atoms. The Bertz CT molecular complexity index is 1520. The van der Waals surface area contributed by atoms with Crippen molar-refractivity contribution in [1.82, 2.24) is 5.32 Å². The van der Waals surface area contributed by atoms with Gasteiger partial charge in [0.1, 0.15) is 17.9 Å². The Balaban J connectivity index is 2.34. The van der Waals surface area contributed by atoms with E-state index in [9.17, 15) is 14.4 Å². The lowest BCUT2D eigenvalue weighted by Crippen LogP contribution is -2.68. The molecule has 0 saturated carbocycles. The fourth-order valence-corrected chi connectivity index (χ4v) is 10.7. The number of nitrogens with one attached hydrogen (secondary N) is 1. The van der Waals surface area contributed by atoms with Crippen LogP contribution in [-0.4, -0.2) is 70.5 Å². The van der Waals surface area contributed by atoms with Gasteiger partial charge in [0.15, 0.2) is 26.8 Å². The average molecular weight is 1040 g/mol. The Morgan fingerprint density at radius 2 is 0.904 bits per heavy atom. The van der Waals surface area contributed by atoms with Crippen LogP contribution in [0.2, 0.25) is 18.1 Å². The molecule has 73 heavy (non-hydrogen) atoms. The van der Waals surface area contributed by atoms with Crippen molar-refractivity contribution in [2.45, 2.75) is 328 Å². The maximum Gasteiger partial charge on any atom is 0.306 e. The van der Waals surface area contributed by atoms with E-state index in [0.717, 1.165) is 62.7 Å². The molecule has 1 aliphatic heterocycles. The van der Waals surface area contributed by atoms with Gasteiger partial charge in [-0.2, -0.15) is 0 Å². The summed E-state index contributed by atoms with van der Waals surface area (Å²) in [6, 6.07) is 6.79. The first kappa shape index (κ1) is 66.6. The van der Waals surface area contributed by atoms with Crippen LogP contribution in [0.15, 0.2) is 24.3 Å². The molecule has 0 radical (unpaired) electrons. The molecule has 0 aromatic heterocycles. The maximum absolute atomic E-state index is 14.1. The number of rotatable bonds is 46. The molecule has 1 N–H and O–H groups in total. The zero-order chi connectivity index (χ0) is 53.4. The predicted octanol–water partition coefficient (Wildman–Crippen LogP) is 17.4. The number of methoxy groups -OCH3 is 1. The summed E-state index contributed by atoms with van der Waals surface area (Å²) in [5.74, 6) is -0.141. The Morgan fingerprint density at radius 1 is 0.534 bits per heavy atom. The Labute approximate surface area is 449 Å². The van der Waals surface area contributed by atoms with Crippen LogP contribution in [0.4, 0.5) is 0 Å². The van der Waals surface area contributed by atoms with Gasteiger partial charge in [-0.3, -0.25) is 14.4 Å². The molecule has 0 aliphatic carbocycles. The molecule has 1 saturated heterocycles. The highest BCUT2D eigenvalue weighted by molar-refractivity contribution is 6.74. The summed E-state index contributed by atoms with van der Waals surface area (Å²) in [6.07, 6.45) is 35.8. The summed E-state index contributed by atoms with van der Waals surface area (Å²) < 4.78 is 38.7. The number of carbonyl (C=O) groups excluding carboxylic acids is 3. The molecule has 5 atom stereocenters. The van der Waals surface area contributed by atoms with Crippen molar-refractivity contribution in [1.29, 1.82) is 0 Å². The molecule has 1 aromatic rings. The van der Waals surface area contributed by atoms with Crippen LogP contribution < -0.4 is 10.1 Å². The van der Waals surface area contributed by atoms with Crippen molar-refractivity contribution in [3.8, 4) is 5.75 Å². The van der Waals surface area contributed by atoms with Crippen molar-refractivity contribution >= 4 is 26.2 Å². The van der Waals surface area contributed by atoms with Gasteiger partial charge in [-0.25, -0.2) is 0 Å². The average Bonchev–Trinajstić information content (AvgIpc) is 3.35. The third kappa shape index (κ3) is 31.4. The summed E-state index contributed by atoms with van der Waals surface area (Å²) in [5, 5.41) is 3.07. The van der Waals surface area contributed by atoms with E-state index in [4.69, 9.17) is 28.1 Å². The van der Waals surface area contributed by atoms with Gasteiger partial charge in [-0.1, -0.05) is 246 Å². The van der Waals surface area contributed by atoms with Gasteiger partial charge < -0.3 is 33.4 Å². The molecule has 2 rings (SSSR count). The topological polar surface area (TPSA) is 119 Å². The molecule has 1 heterocycles. The maximum atomic E-state index is 14.1. The molecular weight excluding hydrogens is 931 g/mol. The van der Waals surface area contributed by atoms with Crippen molar-refractivity contribution in [2.24, 2.45) is 0 Å². The smallest absolute Gasteiger partial charge is 0.306 e. The second-order valence-corrected chi connectivity index (χ2v) is 27.9. The minimum Gasteiger partial charge on any atom is -0.497 e. The van der Waals surface area contributed by atoms with Gasteiger partial charge in [0.2, 0.25) is 5.91 Å². The first-order valence-electron chi connectivity index (χ1n) is 30.5. The molecule has 0 spiro atoms. The molecule has 10 nitrogen and oxygen atoms in total. The number of amides is 1. The lowest BCUT2D eigenvalue weighted by Gasteiger charge is -2.49. The zero-order valence-electron chi connectivity index (χ0n) is 48.7. The van der Waals surface area contributed by atoms with Crippen LogP contribution in [0.1, 0.15) is 278 Å². The number of carbonyl (C=O) groups is 3. The van der Waals surface area contributed by atoms with Gasteiger partial charge in [0.25, 0.3) is 0 Å². The molecule has 2 unspecified atom stereocenters. The van der Waals surface area contributed by atoms with E-state index >= 15 is 0 Å². The quantitative estimate of drug-likeness (QED) is 0.0387. The molecule has 1 fully saturated rings. The summed E-state index contributed by atoms with van der Waals surface area (Å²) in [5.41, 5.74) is 0.943. The summed E-state index contributed by atoms with van der Waals surface area (Å²) >= 11 is 0. The highest BCUT2D eigenvalue weighted by atomic mass is 28.4. The standard InChI is InChI=1S/C62H113NO9Si/c1-10-13-16-19-22-25-28-31-34-37-40-43-55(64)63-58-60(71-57(66)45-42-39-36-33-30-27-24-21-18-15-12-3)59(70-56(65)44-41-38-35-32-29-26-23-20-17-14-11-2)54(69-61(58)72-73(8,9)62(4,5)6)51-68-50-52-46-48-53(67-7)49-47-52/h46-49,54,58-61H,10-45,50-51H2,1-9H3,(H,63,64)/t54?,58?,59-,60-,61+/m1/s1. The minimum atomic E-state index is -2.56. The normalized spacial score (nSPS) is 18.2. The number of unbranched alkanes of at least 4 members (excludes halogenated alkanes) is 30. The lowest BCUT2D eigenvalue weighted by atomic mass is 9.95. The third-order valence-electron chi connectivity index (χ3n) is 15.4. The monoisotopic (exact) mass is 1040 g/mol. The SMILES string of the molecule is CCCCCCCCCCCCCC(=O)NC1[C@H](O[Si](C)(C)C(C)(C)C)OC(COCc2ccc(OC)cc2)[C@@H](OC(=O)CCCCCCCCCCCCC)[C@@H]1OC(=O)CCCCCCCCCCCCC. The van der Waals surface area contributed by atoms with Gasteiger partial charge in [-0.05, 0) is 55.1 Å². The fraction of sp³-hybridized carbons (Fsp3) is 0.855. The van der Waals surface area contributed by atoms with Crippen molar-refractivity contribution in [2.75, 3.05) is 13.7 Å². The highest BCUT2D eigenvalue weighted by Crippen LogP contribution is 2.40. The van der Waals surface area contributed by atoms with Crippen LogP contribution in [0, 0.1) is 0 Å². The molecular formula is C62H113NO9Si. The third-order valence-corrected chi connectivity index (χ3v) is 19.8. The number of esters is 2. The van der Waals surface area contributed by atoms with Crippen LogP contribution in [0.5, 0.6) is 5.75 Å². The van der Waals surface area contributed by atoms with Crippen LogP contribution >= 0.6 is 0 Å². The first-order valence-corrected chi connectivity index (χ1v) is 33.4. The molecule has 11 heteroatoms. The van der Waals surface area contributed by atoms with E-state index < -0.39 is 39.0 Å². The second-order valence-electron chi connectivity index (χ2n) is 23.1. The lowest BCUT2D eigenvalue weighted by molar-refractivity contribution is -0.262. The number of ether oxygens (including phenoxy) is 5. The Morgan fingerprint density at radius 3 is 1.29 bits per heavy atom. The van der Waals surface area contributed by atoms with E-state index in [2.05, 4.69) is 60.0 Å².